The molecular weight excluding hydrogens is 679 g/mol. The Labute approximate surface area is 326 Å². The molecule has 8 aromatic rings. The molecule has 2 heteroatoms. The lowest BCUT2D eigenvalue weighted by atomic mass is 9.82. The summed E-state index contributed by atoms with van der Waals surface area (Å²) in [6.45, 7) is 9.63. The van der Waals surface area contributed by atoms with Crippen molar-refractivity contribution in [3.05, 3.63) is 199 Å². The Morgan fingerprint density at radius 2 is 0.764 bits per heavy atom. The lowest BCUT2D eigenvalue weighted by Gasteiger charge is -2.26. The first kappa shape index (κ1) is 33.4. The van der Waals surface area contributed by atoms with Gasteiger partial charge in [0.05, 0.1) is 0 Å². The molecule has 0 atom stereocenters. The molecule has 0 N–H and O–H groups in total. The minimum Gasteiger partial charge on any atom is -0.311 e. The van der Waals surface area contributed by atoms with Crippen LogP contribution in [0, 0.1) is 0 Å². The topological polar surface area (TPSA) is 3.24 Å². The minimum absolute atomic E-state index is 0.00482. The van der Waals surface area contributed by atoms with Gasteiger partial charge in [0, 0.05) is 22.5 Å². The number of benzene rings is 8. The van der Waals surface area contributed by atoms with Crippen LogP contribution >= 0.6 is 0 Å². The number of fused-ring (bicyclic) bond motifs is 6. The SMILES string of the molecule is CC1(C)c2ccccc2-c2cc(-c3ccc(N(c4ccc(-c5ccccc5)cc4)c4ccc(-c5ccc6c(c5)-c5ccccc5[Si]6(C)C)cc4)cc3)ccc21. The number of nitrogens with zero attached hydrogens (tertiary/aromatic N) is 1. The number of hydrogen-bond acceptors (Lipinski definition) is 1. The summed E-state index contributed by atoms with van der Waals surface area (Å²) >= 11 is 0. The summed E-state index contributed by atoms with van der Waals surface area (Å²) in [5.41, 5.74) is 19.1. The van der Waals surface area contributed by atoms with Crippen LogP contribution in [0.3, 0.4) is 0 Å². The molecule has 1 aliphatic heterocycles. The highest BCUT2D eigenvalue weighted by molar-refractivity contribution is 7.03. The van der Waals surface area contributed by atoms with Gasteiger partial charge in [0.1, 0.15) is 8.07 Å². The second-order valence-electron chi connectivity index (χ2n) is 16.2. The van der Waals surface area contributed by atoms with Crippen molar-refractivity contribution in [1.29, 1.82) is 0 Å². The van der Waals surface area contributed by atoms with Crippen LogP contribution in [-0.4, -0.2) is 8.07 Å². The Hall–Kier alpha value is -6.22. The fourth-order valence-corrected chi connectivity index (χ4v) is 12.4. The molecule has 0 fully saturated rings. The van der Waals surface area contributed by atoms with Crippen molar-refractivity contribution in [3.8, 4) is 55.6 Å². The van der Waals surface area contributed by atoms with E-state index in [-0.39, 0.29) is 5.41 Å². The molecule has 8 aromatic carbocycles. The van der Waals surface area contributed by atoms with Gasteiger partial charge in [-0.2, -0.15) is 0 Å². The maximum Gasteiger partial charge on any atom is 0.113 e. The van der Waals surface area contributed by atoms with Crippen molar-refractivity contribution in [2.24, 2.45) is 0 Å². The molecule has 10 rings (SSSR count). The first-order chi connectivity index (χ1) is 26.8. The molecule has 1 aliphatic carbocycles. The van der Waals surface area contributed by atoms with Gasteiger partial charge in [-0.3, -0.25) is 0 Å². The predicted octanol–water partition coefficient (Wildman–Crippen LogP) is 13.3. The maximum atomic E-state index is 2.48. The molecule has 0 amide bonds. The smallest absolute Gasteiger partial charge is 0.113 e. The number of hydrogen-bond donors (Lipinski definition) is 0. The van der Waals surface area contributed by atoms with E-state index in [1.165, 1.54) is 71.9 Å². The Morgan fingerprint density at radius 3 is 1.38 bits per heavy atom. The van der Waals surface area contributed by atoms with Crippen molar-refractivity contribution < 1.29 is 0 Å². The van der Waals surface area contributed by atoms with E-state index in [0.717, 1.165) is 17.1 Å². The summed E-state index contributed by atoms with van der Waals surface area (Å²) in [5.74, 6) is 0. The van der Waals surface area contributed by atoms with Crippen molar-refractivity contribution in [3.63, 3.8) is 0 Å². The standard InChI is InChI=1S/C53H43NSi/c1-53(2)49-16-10-8-14-45(49)47-34-40(24-32-50(47)53)38-20-28-43(29-21-38)54(42-26-18-37(19-27-42)36-12-6-5-7-13-36)44-30-22-39(23-31-44)41-25-33-52-48(35-41)46-15-9-11-17-51(46)55(52,3)4/h5-35H,1-4H3. The summed E-state index contributed by atoms with van der Waals surface area (Å²) in [5, 5.41) is 3.08. The van der Waals surface area contributed by atoms with Crippen molar-refractivity contribution >= 4 is 35.5 Å². The fourth-order valence-electron chi connectivity index (χ4n) is 9.29. The van der Waals surface area contributed by atoms with Crippen LogP contribution in [0.4, 0.5) is 17.1 Å². The van der Waals surface area contributed by atoms with Gasteiger partial charge in [-0.15, -0.1) is 0 Å². The number of anilines is 3. The molecule has 0 unspecified atom stereocenters. The van der Waals surface area contributed by atoms with E-state index in [1.54, 1.807) is 5.19 Å². The van der Waals surface area contributed by atoms with Gasteiger partial charge in [-0.1, -0.05) is 166 Å². The highest BCUT2D eigenvalue weighted by atomic mass is 28.3. The van der Waals surface area contributed by atoms with Gasteiger partial charge in [-0.25, -0.2) is 0 Å². The Bertz CT molecular complexity index is 2570. The summed E-state index contributed by atoms with van der Waals surface area (Å²) in [4.78, 5) is 2.37. The summed E-state index contributed by atoms with van der Waals surface area (Å²) in [7, 11) is -1.69. The van der Waals surface area contributed by atoms with E-state index >= 15 is 0 Å². The normalized spacial score (nSPS) is 14.1. The Morgan fingerprint density at radius 1 is 0.345 bits per heavy atom. The zero-order valence-electron chi connectivity index (χ0n) is 31.8. The summed E-state index contributed by atoms with van der Waals surface area (Å²) in [6, 6.07) is 69.8. The van der Waals surface area contributed by atoms with Crippen molar-refractivity contribution in [1.82, 2.24) is 0 Å². The van der Waals surface area contributed by atoms with Gasteiger partial charge in [0.15, 0.2) is 0 Å². The third-order valence-corrected chi connectivity index (χ3v) is 15.9. The largest absolute Gasteiger partial charge is 0.311 e. The molecule has 0 saturated heterocycles. The van der Waals surface area contributed by atoms with E-state index in [9.17, 15) is 0 Å². The molecule has 0 spiro atoms. The molecule has 0 bridgehead atoms. The lowest BCUT2D eigenvalue weighted by molar-refractivity contribution is 0.660. The molecule has 55 heavy (non-hydrogen) atoms. The fraction of sp³-hybridized carbons (Fsp3) is 0.0943. The minimum atomic E-state index is -1.69. The number of rotatable bonds is 6. The van der Waals surface area contributed by atoms with Crippen LogP contribution in [0.15, 0.2) is 188 Å². The van der Waals surface area contributed by atoms with Gasteiger partial charge in [0.25, 0.3) is 0 Å². The van der Waals surface area contributed by atoms with Crippen LogP contribution in [0.5, 0.6) is 0 Å². The molecular formula is C53H43NSi. The van der Waals surface area contributed by atoms with Crippen molar-refractivity contribution in [2.45, 2.75) is 32.4 Å². The molecule has 264 valence electrons. The third kappa shape index (κ3) is 5.43. The molecule has 0 aromatic heterocycles. The average molecular weight is 722 g/mol. The van der Waals surface area contributed by atoms with Crippen LogP contribution in [0.2, 0.25) is 13.1 Å². The molecule has 0 saturated carbocycles. The van der Waals surface area contributed by atoms with E-state index in [1.807, 2.05) is 0 Å². The first-order valence-electron chi connectivity index (χ1n) is 19.4. The van der Waals surface area contributed by atoms with Crippen LogP contribution < -0.4 is 15.3 Å². The second-order valence-corrected chi connectivity index (χ2v) is 20.5. The zero-order chi connectivity index (χ0) is 37.3. The average Bonchev–Trinajstić information content (AvgIpc) is 3.61. The second kappa shape index (κ2) is 12.7. The predicted molar refractivity (Wildman–Crippen MR) is 237 cm³/mol. The van der Waals surface area contributed by atoms with E-state index in [4.69, 9.17) is 0 Å². The van der Waals surface area contributed by atoms with Crippen LogP contribution in [0.1, 0.15) is 25.0 Å². The maximum absolute atomic E-state index is 2.48. The summed E-state index contributed by atoms with van der Waals surface area (Å²) < 4.78 is 0. The van der Waals surface area contributed by atoms with E-state index in [2.05, 4.69) is 220 Å². The van der Waals surface area contributed by atoms with Gasteiger partial charge < -0.3 is 4.90 Å². The Balaban J connectivity index is 1.01. The lowest BCUT2D eigenvalue weighted by Crippen LogP contribution is -2.49. The monoisotopic (exact) mass is 721 g/mol. The molecule has 0 radical (unpaired) electrons. The van der Waals surface area contributed by atoms with Crippen molar-refractivity contribution in [2.75, 3.05) is 4.90 Å². The van der Waals surface area contributed by atoms with Gasteiger partial charge in [-0.05, 0) is 126 Å². The van der Waals surface area contributed by atoms with E-state index in [0.29, 0.717) is 0 Å². The molecule has 1 nitrogen and oxygen atoms in total. The first-order valence-corrected chi connectivity index (χ1v) is 22.4. The van der Waals surface area contributed by atoms with Crippen LogP contribution in [-0.2, 0) is 5.41 Å². The van der Waals surface area contributed by atoms with Gasteiger partial charge in [0.2, 0.25) is 0 Å². The van der Waals surface area contributed by atoms with Crippen LogP contribution in [0.25, 0.3) is 55.6 Å². The molecule has 1 heterocycles. The molecule has 2 aliphatic rings. The summed E-state index contributed by atoms with van der Waals surface area (Å²) in [6.07, 6.45) is 0. The highest BCUT2D eigenvalue weighted by Gasteiger charge is 2.37. The van der Waals surface area contributed by atoms with Gasteiger partial charge >= 0.3 is 0 Å². The Kier molecular flexibility index (Phi) is 7.69. The zero-order valence-corrected chi connectivity index (χ0v) is 32.8. The quantitative estimate of drug-likeness (QED) is 0.155. The highest BCUT2D eigenvalue weighted by Crippen LogP contribution is 2.49. The van der Waals surface area contributed by atoms with E-state index < -0.39 is 8.07 Å². The third-order valence-electron chi connectivity index (χ3n) is 12.3.